The zero-order chi connectivity index (χ0) is 12.8. The molecule has 0 aromatic heterocycles. The van der Waals surface area contributed by atoms with Crippen LogP contribution >= 0.6 is 11.8 Å². The average molecular weight is 265 g/mol. The van der Waals surface area contributed by atoms with Gasteiger partial charge in [-0.25, -0.2) is 4.99 Å². The lowest BCUT2D eigenvalue weighted by Crippen LogP contribution is -2.39. The first-order valence-corrected chi connectivity index (χ1v) is 6.94. The summed E-state index contributed by atoms with van der Waals surface area (Å²) in [6.45, 7) is 0.731. The lowest BCUT2D eigenvalue weighted by atomic mass is 10.1. The first kappa shape index (κ1) is 10.8. The molecule has 2 aliphatic rings. The topological polar surface area (TPSA) is 39.5 Å². The number of fused-ring (bicyclic) bond motifs is 4. The number of hydrogen-bond acceptors (Lipinski definition) is 3. The van der Waals surface area contributed by atoms with Gasteiger partial charge < -0.3 is 4.90 Å². The Labute approximate surface area is 115 Å². The van der Waals surface area contributed by atoms with Crippen LogP contribution in [0.25, 0.3) is 0 Å². The molecule has 0 radical (unpaired) electrons. The third kappa shape index (κ3) is 1.60. The molecule has 2 aromatic carbocycles. The van der Waals surface area contributed by atoms with Crippen LogP contribution in [0.4, 0.5) is 5.69 Å². The summed E-state index contributed by atoms with van der Waals surface area (Å²) in [5, 5.41) is 8.74. The number of nitrogens with zero attached hydrogens (tertiary/aromatic N) is 2. The molecule has 4 heteroatoms. The molecule has 1 N–H and O–H groups in total. The SMILES string of the molecule is N=C1Sc2ccccc2C2=Nc3ccccc3CN12. The molecule has 2 aliphatic heterocycles. The van der Waals surface area contributed by atoms with Crippen molar-refractivity contribution in [1.82, 2.24) is 4.90 Å². The van der Waals surface area contributed by atoms with Crippen LogP contribution in [0.2, 0.25) is 0 Å². The molecule has 0 aliphatic carbocycles. The van der Waals surface area contributed by atoms with Gasteiger partial charge in [-0.1, -0.05) is 48.2 Å². The van der Waals surface area contributed by atoms with Crippen molar-refractivity contribution in [2.75, 3.05) is 0 Å². The Morgan fingerprint density at radius 3 is 2.79 bits per heavy atom. The fourth-order valence-electron chi connectivity index (χ4n) is 2.45. The molecule has 2 heterocycles. The van der Waals surface area contributed by atoms with Crippen LogP contribution in [-0.2, 0) is 6.54 Å². The first-order valence-electron chi connectivity index (χ1n) is 6.13. The highest BCUT2D eigenvalue weighted by Crippen LogP contribution is 2.37. The summed E-state index contributed by atoms with van der Waals surface area (Å²) in [7, 11) is 0. The number of benzene rings is 2. The van der Waals surface area contributed by atoms with Crippen LogP contribution in [0.3, 0.4) is 0 Å². The van der Waals surface area contributed by atoms with E-state index in [1.807, 2.05) is 35.2 Å². The lowest BCUT2D eigenvalue weighted by Gasteiger charge is -2.34. The smallest absolute Gasteiger partial charge is 0.167 e. The number of nitrogens with one attached hydrogen (secondary N) is 1. The zero-order valence-corrected chi connectivity index (χ0v) is 10.9. The number of para-hydroxylation sites is 1. The van der Waals surface area contributed by atoms with E-state index in [2.05, 4.69) is 18.2 Å². The normalized spacial score (nSPS) is 16.3. The van der Waals surface area contributed by atoms with E-state index >= 15 is 0 Å². The van der Waals surface area contributed by atoms with Gasteiger partial charge in [0.2, 0.25) is 0 Å². The van der Waals surface area contributed by atoms with E-state index in [-0.39, 0.29) is 0 Å². The summed E-state index contributed by atoms with van der Waals surface area (Å²) < 4.78 is 0. The molecule has 4 rings (SSSR count). The fourth-order valence-corrected chi connectivity index (χ4v) is 3.33. The molecule has 2 aromatic rings. The summed E-state index contributed by atoms with van der Waals surface area (Å²) in [6.07, 6.45) is 0. The van der Waals surface area contributed by atoms with Gasteiger partial charge in [0.1, 0.15) is 5.84 Å². The second-order valence-corrected chi connectivity index (χ2v) is 5.58. The molecule has 92 valence electrons. The largest absolute Gasteiger partial charge is 0.301 e. The third-order valence-corrected chi connectivity index (χ3v) is 4.37. The Hall–Kier alpha value is -2.07. The molecule has 0 fully saturated rings. The fraction of sp³-hybridized carbons (Fsp3) is 0.0667. The van der Waals surface area contributed by atoms with Crippen LogP contribution in [0.5, 0.6) is 0 Å². The van der Waals surface area contributed by atoms with Gasteiger partial charge in [0.15, 0.2) is 5.17 Å². The van der Waals surface area contributed by atoms with Crippen molar-refractivity contribution in [2.24, 2.45) is 4.99 Å². The molecule has 0 saturated heterocycles. The van der Waals surface area contributed by atoms with E-state index in [0.29, 0.717) is 5.17 Å². The van der Waals surface area contributed by atoms with Gasteiger partial charge in [0.25, 0.3) is 0 Å². The second kappa shape index (κ2) is 3.96. The molecule has 3 nitrogen and oxygen atoms in total. The van der Waals surface area contributed by atoms with Crippen molar-refractivity contribution in [1.29, 1.82) is 5.41 Å². The molecule has 0 amide bonds. The Bertz CT molecular complexity index is 721. The van der Waals surface area contributed by atoms with Crippen molar-refractivity contribution in [2.45, 2.75) is 11.4 Å². The van der Waals surface area contributed by atoms with E-state index in [9.17, 15) is 0 Å². The molecular formula is C15H11N3S. The summed E-state index contributed by atoms with van der Waals surface area (Å²) >= 11 is 1.50. The van der Waals surface area contributed by atoms with Gasteiger partial charge in [-0.2, -0.15) is 0 Å². The first-order chi connectivity index (χ1) is 9.33. The average Bonchev–Trinajstić information content (AvgIpc) is 2.46. The van der Waals surface area contributed by atoms with Gasteiger partial charge in [0, 0.05) is 10.5 Å². The Balaban J connectivity index is 1.96. The minimum absolute atomic E-state index is 0.548. The molecule has 0 atom stereocenters. The van der Waals surface area contributed by atoms with E-state index in [4.69, 9.17) is 10.4 Å². The summed E-state index contributed by atoms with van der Waals surface area (Å²) in [4.78, 5) is 7.84. The maximum absolute atomic E-state index is 8.19. The number of hydrogen-bond donors (Lipinski definition) is 1. The molecule has 0 saturated carbocycles. The Morgan fingerprint density at radius 1 is 1.05 bits per heavy atom. The predicted molar refractivity (Wildman–Crippen MR) is 78.2 cm³/mol. The van der Waals surface area contributed by atoms with Crippen LogP contribution in [0.15, 0.2) is 58.4 Å². The number of rotatable bonds is 0. The van der Waals surface area contributed by atoms with Crippen LogP contribution < -0.4 is 0 Å². The Morgan fingerprint density at radius 2 is 1.84 bits per heavy atom. The van der Waals surface area contributed by atoms with Crippen molar-refractivity contribution in [3.63, 3.8) is 0 Å². The number of thioether (sulfide) groups is 1. The lowest BCUT2D eigenvalue weighted by molar-refractivity contribution is 0.599. The number of aliphatic imine (C=N–C) groups is 1. The molecule has 0 spiro atoms. The highest BCUT2D eigenvalue weighted by molar-refractivity contribution is 8.14. The Kier molecular flexibility index (Phi) is 2.26. The van der Waals surface area contributed by atoms with Gasteiger partial charge in [-0.15, -0.1) is 0 Å². The minimum atomic E-state index is 0.548. The second-order valence-electron chi connectivity index (χ2n) is 4.55. The van der Waals surface area contributed by atoms with Gasteiger partial charge >= 0.3 is 0 Å². The van der Waals surface area contributed by atoms with Crippen LogP contribution in [-0.4, -0.2) is 15.9 Å². The van der Waals surface area contributed by atoms with Crippen molar-refractivity contribution in [3.8, 4) is 0 Å². The van der Waals surface area contributed by atoms with E-state index < -0.39 is 0 Å². The van der Waals surface area contributed by atoms with Crippen molar-refractivity contribution in [3.05, 3.63) is 59.7 Å². The predicted octanol–water partition coefficient (Wildman–Crippen LogP) is 3.62. The summed E-state index contributed by atoms with van der Waals surface area (Å²) in [5.74, 6) is 0.901. The molecule has 19 heavy (non-hydrogen) atoms. The van der Waals surface area contributed by atoms with Crippen molar-refractivity contribution >= 4 is 28.5 Å². The van der Waals surface area contributed by atoms with Crippen LogP contribution in [0.1, 0.15) is 11.1 Å². The van der Waals surface area contributed by atoms with E-state index in [1.54, 1.807) is 0 Å². The van der Waals surface area contributed by atoms with Crippen molar-refractivity contribution < 1.29 is 0 Å². The highest BCUT2D eigenvalue weighted by Gasteiger charge is 2.30. The molecule has 0 unspecified atom stereocenters. The summed E-state index contributed by atoms with van der Waals surface area (Å²) in [6, 6.07) is 16.3. The molecule has 0 bridgehead atoms. The quantitative estimate of drug-likeness (QED) is 0.790. The minimum Gasteiger partial charge on any atom is -0.301 e. The molecular weight excluding hydrogens is 254 g/mol. The third-order valence-electron chi connectivity index (χ3n) is 3.38. The van der Waals surface area contributed by atoms with Gasteiger partial charge in [-0.05, 0) is 17.7 Å². The maximum atomic E-state index is 8.19. The standard InChI is InChI=1S/C15H11N3S/c16-15-18-9-10-5-1-3-7-12(10)17-14(18)11-6-2-4-8-13(11)19-15/h1-8,16H,9H2. The monoisotopic (exact) mass is 265 g/mol. The van der Waals surface area contributed by atoms with Gasteiger partial charge in [0.05, 0.1) is 12.2 Å². The highest BCUT2D eigenvalue weighted by atomic mass is 32.2. The van der Waals surface area contributed by atoms with E-state index in [0.717, 1.165) is 28.5 Å². The zero-order valence-electron chi connectivity index (χ0n) is 10.1. The number of amidine groups is 2. The van der Waals surface area contributed by atoms with Crippen LogP contribution in [0, 0.1) is 5.41 Å². The van der Waals surface area contributed by atoms with E-state index in [1.165, 1.54) is 17.3 Å². The van der Waals surface area contributed by atoms with Gasteiger partial charge in [-0.3, -0.25) is 5.41 Å². The maximum Gasteiger partial charge on any atom is 0.167 e. The summed E-state index contributed by atoms with van der Waals surface area (Å²) in [5.41, 5.74) is 3.32.